The third kappa shape index (κ3) is 3.38. The fourth-order valence-electron chi connectivity index (χ4n) is 2.73. The Labute approximate surface area is 167 Å². The average molecular weight is 464 g/mol. The van der Waals surface area contributed by atoms with Crippen LogP contribution in [0.3, 0.4) is 0 Å². The lowest BCUT2D eigenvalue weighted by molar-refractivity contribution is -0.665. The Hall–Kier alpha value is -1.31. The van der Waals surface area contributed by atoms with Crippen molar-refractivity contribution in [2.24, 2.45) is 0 Å². The maximum absolute atomic E-state index is 3.45. The Morgan fingerprint density at radius 3 is 2.71 bits per heavy atom. The molecule has 0 amide bonds. The summed E-state index contributed by atoms with van der Waals surface area (Å²) in [4.78, 5) is 1.29. The van der Waals surface area contributed by atoms with Crippen LogP contribution < -0.4 is 33.9 Å². The van der Waals surface area contributed by atoms with Gasteiger partial charge in [-0.05, 0) is 31.2 Å². The SMILES string of the molecule is CC[n+]1c(C=CC=C2Nc3ccccc3S2)sc2ccccc21.[I-]. The third-order valence-corrected chi connectivity index (χ3v) is 5.97. The molecule has 2 nitrogen and oxygen atoms in total. The molecule has 0 unspecified atom stereocenters. The van der Waals surface area contributed by atoms with Gasteiger partial charge in [-0.25, -0.2) is 0 Å². The largest absolute Gasteiger partial charge is 1.00 e. The number of nitrogens with one attached hydrogen (secondary N) is 1. The highest BCUT2D eigenvalue weighted by molar-refractivity contribution is 8.03. The van der Waals surface area contributed by atoms with Crippen LogP contribution in [-0.4, -0.2) is 0 Å². The zero-order valence-electron chi connectivity index (χ0n) is 13.2. The van der Waals surface area contributed by atoms with Gasteiger partial charge in [0.05, 0.1) is 10.7 Å². The second kappa shape index (κ2) is 7.72. The molecule has 0 fully saturated rings. The van der Waals surface area contributed by atoms with Crippen molar-refractivity contribution in [1.82, 2.24) is 0 Å². The number of nitrogens with zero attached hydrogens (tertiary/aromatic N) is 1. The number of halogens is 1. The summed E-state index contributed by atoms with van der Waals surface area (Å²) in [6.07, 6.45) is 6.49. The molecule has 1 aromatic heterocycles. The fraction of sp³-hybridized carbons (Fsp3) is 0.105. The number of aryl methyl sites for hydroxylation is 1. The minimum Gasteiger partial charge on any atom is -1.00 e. The van der Waals surface area contributed by atoms with E-state index < -0.39 is 0 Å². The molecule has 24 heavy (non-hydrogen) atoms. The van der Waals surface area contributed by atoms with Gasteiger partial charge in [0.15, 0.2) is 0 Å². The van der Waals surface area contributed by atoms with Crippen LogP contribution in [0.15, 0.2) is 70.6 Å². The van der Waals surface area contributed by atoms with Crippen LogP contribution in [0.25, 0.3) is 16.3 Å². The van der Waals surface area contributed by atoms with E-state index in [1.54, 1.807) is 11.8 Å². The summed E-state index contributed by atoms with van der Waals surface area (Å²) in [5.41, 5.74) is 2.51. The maximum atomic E-state index is 3.45. The van der Waals surface area contributed by atoms with Gasteiger partial charge in [-0.3, -0.25) is 0 Å². The van der Waals surface area contributed by atoms with E-state index in [2.05, 4.69) is 83.6 Å². The van der Waals surface area contributed by atoms with Crippen LogP contribution in [0.2, 0.25) is 0 Å². The van der Waals surface area contributed by atoms with E-state index in [0.717, 1.165) is 6.54 Å². The summed E-state index contributed by atoms with van der Waals surface area (Å²) in [6.45, 7) is 3.18. The molecule has 0 saturated heterocycles. The summed E-state index contributed by atoms with van der Waals surface area (Å²) in [5.74, 6) is 0. The first kappa shape index (κ1) is 17.5. The predicted molar refractivity (Wildman–Crippen MR) is 101 cm³/mol. The molecule has 0 atom stereocenters. The number of aromatic nitrogens is 1. The Kier molecular flexibility index (Phi) is 5.63. The van der Waals surface area contributed by atoms with Crippen molar-refractivity contribution in [1.29, 1.82) is 0 Å². The minimum atomic E-state index is 0. The first-order valence-electron chi connectivity index (χ1n) is 7.69. The number of fused-ring (bicyclic) bond motifs is 2. The van der Waals surface area contributed by atoms with Gasteiger partial charge in [0.25, 0.3) is 5.01 Å². The number of rotatable bonds is 3. The standard InChI is InChI=1S/C19H16N2S2.HI/c1-2-21-15-9-4-6-11-17(15)23-19(21)13-7-12-18-20-14-8-3-5-10-16(14)22-18;/h3-13H,2H2,1H3;1H. The number of benzene rings is 2. The van der Waals surface area contributed by atoms with Crippen molar-refractivity contribution in [3.05, 3.63) is 70.7 Å². The number of hydrogen-bond donors (Lipinski definition) is 1. The summed E-state index contributed by atoms with van der Waals surface area (Å²) < 4.78 is 3.70. The van der Waals surface area contributed by atoms with Crippen LogP contribution in [0.4, 0.5) is 5.69 Å². The van der Waals surface area contributed by atoms with E-state index in [0.29, 0.717) is 0 Å². The van der Waals surface area contributed by atoms with Crippen molar-refractivity contribution in [3.8, 4) is 0 Å². The zero-order valence-corrected chi connectivity index (χ0v) is 17.0. The molecule has 0 spiro atoms. The van der Waals surface area contributed by atoms with Gasteiger partial charge in [-0.2, -0.15) is 4.57 Å². The molecule has 1 aliphatic rings. The lowest BCUT2D eigenvalue weighted by atomic mass is 10.3. The molecular formula is C19H17IN2S2. The Morgan fingerprint density at radius 2 is 1.88 bits per heavy atom. The van der Waals surface area contributed by atoms with Crippen molar-refractivity contribution < 1.29 is 28.5 Å². The molecule has 1 aliphatic heterocycles. The number of anilines is 1. The van der Waals surface area contributed by atoms with E-state index in [1.165, 1.54) is 30.8 Å². The second-order valence-corrected chi connectivity index (χ2v) is 7.41. The smallest absolute Gasteiger partial charge is 0.262 e. The predicted octanol–water partition coefficient (Wildman–Crippen LogP) is 2.29. The lowest BCUT2D eigenvalue weighted by Gasteiger charge is -1.95. The van der Waals surface area contributed by atoms with Crippen molar-refractivity contribution in [2.45, 2.75) is 18.4 Å². The first-order chi connectivity index (χ1) is 11.3. The Bertz CT molecular complexity index is 901. The second-order valence-electron chi connectivity index (χ2n) is 5.27. The summed E-state index contributed by atoms with van der Waals surface area (Å²) in [5, 5.41) is 5.90. The molecule has 3 aromatic rings. The van der Waals surface area contributed by atoms with Crippen LogP contribution in [0.5, 0.6) is 0 Å². The quantitative estimate of drug-likeness (QED) is 0.473. The highest BCUT2D eigenvalue weighted by Crippen LogP contribution is 2.40. The van der Waals surface area contributed by atoms with Gasteiger partial charge >= 0.3 is 0 Å². The van der Waals surface area contributed by atoms with Gasteiger partial charge in [0, 0.05) is 17.0 Å². The van der Waals surface area contributed by atoms with Gasteiger partial charge in [0.2, 0.25) is 5.52 Å². The van der Waals surface area contributed by atoms with E-state index >= 15 is 0 Å². The van der Waals surface area contributed by atoms with Crippen molar-refractivity contribution in [2.75, 3.05) is 5.32 Å². The minimum absolute atomic E-state index is 0. The van der Waals surface area contributed by atoms with E-state index in [1.807, 2.05) is 11.3 Å². The molecule has 0 aliphatic carbocycles. The molecular weight excluding hydrogens is 447 g/mol. The fourth-order valence-corrected chi connectivity index (χ4v) is 4.79. The monoisotopic (exact) mass is 464 g/mol. The molecule has 5 heteroatoms. The van der Waals surface area contributed by atoms with Crippen LogP contribution >= 0.6 is 23.1 Å². The molecule has 0 radical (unpaired) electrons. The van der Waals surface area contributed by atoms with Gasteiger partial charge in [-0.15, -0.1) is 0 Å². The topological polar surface area (TPSA) is 15.9 Å². The van der Waals surface area contributed by atoms with E-state index in [-0.39, 0.29) is 24.0 Å². The molecule has 122 valence electrons. The summed E-state index contributed by atoms with van der Waals surface area (Å²) in [7, 11) is 0. The average Bonchev–Trinajstić information content (AvgIpc) is 3.14. The Balaban J connectivity index is 0.00000169. The highest BCUT2D eigenvalue weighted by atomic mass is 127. The van der Waals surface area contributed by atoms with Crippen LogP contribution in [0.1, 0.15) is 11.9 Å². The first-order valence-corrected chi connectivity index (χ1v) is 9.32. The number of thioether (sulfide) groups is 1. The third-order valence-electron chi connectivity index (χ3n) is 3.80. The Morgan fingerprint density at radius 1 is 1.08 bits per heavy atom. The van der Waals surface area contributed by atoms with Crippen LogP contribution in [0, 0.1) is 0 Å². The lowest BCUT2D eigenvalue weighted by Crippen LogP contribution is -3.00. The number of thiazole rings is 1. The highest BCUT2D eigenvalue weighted by Gasteiger charge is 2.16. The number of allylic oxidation sites excluding steroid dienone is 2. The number of para-hydroxylation sites is 2. The van der Waals surface area contributed by atoms with Crippen molar-refractivity contribution in [3.63, 3.8) is 0 Å². The molecule has 0 saturated carbocycles. The normalized spacial score (nSPS) is 14.8. The molecule has 2 aromatic carbocycles. The van der Waals surface area contributed by atoms with Gasteiger partial charge in [-0.1, -0.05) is 53.4 Å². The molecule has 2 heterocycles. The summed E-state index contributed by atoms with van der Waals surface area (Å²) >= 11 is 3.62. The number of hydrogen-bond acceptors (Lipinski definition) is 3. The maximum Gasteiger partial charge on any atom is 0.262 e. The van der Waals surface area contributed by atoms with Gasteiger partial charge in [0.1, 0.15) is 11.2 Å². The van der Waals surface area contributed by atoms with Crippen LogP contribution in [-0.2, 0) is 6.54 Å². The van der Waals surface area contributed by atoms with E-state index in [4.69, 9.17) is 0 Å². The molecule has 0 bridgehead atoms. The van der Waals surface area contributed by atoms with Gasteiger partial charge < -0.3 is 29.3 Å². The zero-order chi connectivity index (χ0) is 15.6. The van der Waals surface area contributed by atoms with E-state index in [9.17, 15) is 0 Å². The summed E-state index contributed by atoms with van der Waals surface area (Å²) in [6, 6.07) is 17.0. The molecule has 4 rings (SSSR count). The molecule has 1 N–H and O–H groups in total. The van der Waals surface area contributed by atoms with Crippen molar-refractivity contribution >= 4 is 45.1 Å².